The molecule has 1 aliphatic heterocycles. The molecule has 0 radical (unpaired) electrons. The summed E-state index contributed by atoms with van der Waals surface area (Å²) in [5, 5.41) is 0. The highest BCUT2D eigenvalue weighted by Crippen LogP contribution is 2.24. The second kappa shape index (κ2) is 3.24. The van der Waals surface area contributed by atoms with Crippen LogP contribution < -0.4 is 0 Å². The molecule has 0 N–H and O–H groups in total. The second-order valence-corrected chi connectivity index (χ2v) is 7.39. The normalized spacial score (nSPS) is 27.8. The van der Waals surface area contributed by atoms with Crippen LogP contribution in [0.25, 0.3) is 0 Å². The van der Waals surface area contributed by atoms with Gasteiger partial charge in [-0.15, -0.1) is 0 Å². The number of hydrogen-bond acceptors (Lipinski definition) is 3. The predicted octanol–water partition coefficient (Wildman–Crippen LogP) is 0.904. The van der Waals surface area contributed by atoms with Crippen molar-refractivity contribution >= 4 is 9.84 Å². The van der Waals surface area contributed by atoms with Gasteiger partial charge in [0, 0.05) is 19.1 Å². The quantitative estimate of drug-likeness (QED) is 0.638. The lowest BCUT2D eigenvalue weighted by Gasteiger charge is -2.39. The highest BCUT2D eigenvalue weighted by atomic mass is 32.2. The SMILES string of the molecule is CC(C)N1CCS(=O)(=O)C(C)(C)C1. The van der Waals surface area contributed by atoms with E-state index in [1.807, 2.05) is 13.8 Å². The second-order valence-electron chi connectivity index (χ2n) is 4.64. The van der Waals surface area contributed by atoms with E-state index in [0.29, 0.717) is 24.9 Å². The molecule has 0 aromatic rings. The summed E-state index contributed by atoms with van der Waals surface area (Å²) in [5.41, 5.74) is 0. The fraction of sp³-hybridized carbons (Fsp3) is 1.00. The first-order valence-corrected chi connectivity index (χ1v) is 6.38. The van der Waals surface area contributed by atoms with Crippen LogP contribution in [0.1, 0.15) is 27.7 Å². The molecular weight excluding hydrogens is 186 g/mol. The minimum atomic E-state index is -2.87. The monoisotopic (exact) mass is 205 g/mol. The molecule has 0 bridgehead atoms. The summed E-state index contributed by atoms with van der Waals surface area (Å²) >= 11 is 0. The zero-order chi connectivity index (χ0) is 10.3. The third-order valence-electron chi connectivity index (χ3n) is 2.80. The lowest BCUT2D eigenvalue weighted by atomic mass is 10.1. The van der Waals surface area contributed by atoms with Gasteiger partial charge in [0.1, 0.15) is 0 Å². The number of rotatable bonds is 1. The van der Waals surface area contributed by atoms with Crippen molar-refractivity contribution < 1.29 is 8.42 Å². The van der Waals surface area contributed by atoms with Gasteiger partial charge < -0.3 is 0 Å². The Bertz CT molecular complexity index is 280. The van der Waals surface area contributed by atoms with Crippen LogP contribution in [0.2, 0.25) is 0 Å². The standard InChI is InChI=1S/C9H19NO2S/c1-8(2)10-5-6-13(11,12)9(3,4)7-10/h8H,5-7H2,1-4H3. The molecule has 0 atom stereocenters. The summed E-state index contributed by atoms with van der Waals surface area (Å²) in [7, 11) is -2.87. The summed E-state index contributed by atoms with van der Waals surface area (Å²) < 4.78 is 22.7. The predicted molar refractivity (Wildman–Crippen MR) is 54.6 cm³/mol. The Morgan fingerprint density at radius 2 is 1.85 bits per heavy atom. The molecule has 0 saturated carbocycles. The van der Waals surface area contributed by atoms with E-state index in [2.05, 4.69) is 18.7 Å². The van der Waals surface area contributed by atoms with Crippen molar-refractivity contribution in [3.05, 3.63) is 0 Å². The summed E-state index contributed by atoms with van der Waals surface area (Å²) in [6, 6.07) is 0.440. The third-order valence-corrected chi connectivity index (χ3v) is 5.34. The van der Waals surface area contributed by atoms with E-state index >= 15 is 0 Å². The molecule has 0 aromatic heterocycles. The number of hydrogen-bond donors (Lipinski definition) is 0. The van der Waals surface area contributed by atoms with Crippen LogP contribution in [-0.2, 0) is 9.84 Å². The average Bonchev–Trinajstić information content (AvgIpc) is 1.94. The van der Waals surface area contributed by atoms with Crippen molar-refractivity contribution in [3.63, 3.8) is 0 Å². The van der Waals surface area contributed by atoms with Crippen LogP contribution >= 0.6 is 0 Å². The molecule has 0 unspecified atom stereocenters. The minimum Gasteiger partial charge on any atom is -0.298 e. The maximum absolute atomic E-state index is 11.6. The van der Waals surface area contributed by atoms with Gasteiger partial charge >= 0.3 is 0 Å². The van der Waals surface area contributed by atoms with Gasteiger partial charge in [0.05, 0.1) is 10.5 Å². The maximum Gasteiger partial charge on any atom is 0.157 e. The Morgan fingerprint density at radius 3 is 2.23 bits per heavy atom. The molecule has 0 aliphatic carbocycles. The van der Waals surface area contributed by atoms with Gasteiger partial charge in [0.15, 0.2) is 9.84 Å². The molecular formula is C9H19NO2S. The zero-order valence-electron chi connectivity index (χ0n) is 8.87. The molecule has 13 heavy (non-hydrogen) atoms. The molecule has 78 valence electrons. The van der Waals surface area contributed by atoms with Crippen LogP contribution in [0, 0.1) is 0 Å². The van der Waals surface area contributed by atoms with Crippen LogP contribution in [0.3, 0.4) is 0 Å². The van der Waals surface area contributed by atoms with Gasteiger partial charge in [0.2, 0.25) is 0 Å². The van der Waals surface area contributed by atoms with Crippen molar-refractivity contribution in [1.82, 2.24) is 4.90 Å². The molecule has 1 fully saturated rings. The Kier molecular flexibility index (Phi) is 2.74. The Labute approximate surface area is 81.0 Å². The molecule has 0 spiro atoms. The first-order chi connectivity index (χ1) is 5.76. The topological polar surface area (TPSA) is 37.4 Å². The first-order valence-electron chi connectivity index (χ1n) is 4.73. The fourth-order valence-corrected chi connectivity index (χ4v) is 3.01. The maximum atomic E-state index is 11.6. The smallest absolute Gasteiger partial charge is 0.157 e. The van der Waals surface area contributed by atoms with Crippen LogP contribution in [-0.4, -0.2) is 42.9 Å². The van der Waals surface area contributed by atoms with Crippen molar-refractivity contribution in [2.45, 2.75) is 38.5 Å². The van der Waals surface area contributed by atoms with Gasteiger partial charge in [-0.25, -0.2) is 8.42 Å². The Balaban J connectivity index is 2.83. The summed E-state index contributed by atoms with van der Waals surface area (Å²) in [5.74, 6) is 0.304. The van der Waals surface area contributed by atoms with Crippen molar-refractivity contribution in [1.29, 1.82) is 0 Å². The van der Waals surface area contributed by atoms with E-state index in [4.69, 9.17) is 0 Å². The zero-order valence-corrected chi connectivity index (χ0v) is 9.69. The van der Waals surface area contributed by atoms with Gasteiger partial charge in [-0.05, 0) is 27.7 Å². The highest BCUT2D eigenvalue weighted by molar-refractivity contribution is 7.92. The summed E-state index contributed by atoms with van der Waals surface area (Å²) in [6.07, 6.45) is 0. The van der Waals surface area contributed by atoms with Crippen molar-refractivity contribution in [2.24, 2.45) is 0 Å². The number of sulfone groups is 1. The van der Waals surface area contributed by atoms with E-state index in [9.17, 15) is 8.42 Å². The van der Waals surface area contributed by atoms with Crippen LogP contribution in [0.5, 0.6) is 0 Å². The number of nitrogens with zero attached hydrogens (tertiary/aromatic N) is 1. The molecule has 0 amide bonds. The van der Waals surface area contributed by atoms with E-state index in [1.165, 1.54) is 0 Å². The molecule has 0 aromatic carbocycles. The van der Waals surface area contributed by atoms with E-state index in [-0.39, 0.29) is 0 Å². The molecule has 1 saturated heterocycles. The van der Waals surface area contributed by atoms with E-state index in [1.54, 1.807) is 0 Å². The highest BCUT2D eigenvalue weighted by Gasteiger charge is 2.40. The van der Waals surface area contributed by atoms with Gasteiger partial charge in [-0.2, -0.15) is 0 Å². The molecule has 3 nitrogen and oxygen atoms in total. The van der Waals surface area contributed by atoms with Gasteiger partial charge in [-0.3, -0.25) is 4.90 Å². The molecule has 1 aliphatic rings. The van der Waals surface area contributed by atoms with E-state index < -0.39 is 14.6 Å². The lowest BCUT2D eigenvalue weighted by Crippen LogP contribution is -2.54. The molecule has 4 heteroatoms. The Hall–Kier alpha value is -0.0900. The van der Waals surface area contributed by atoms with Crippen molar-refractivity contribution in [2.75, 3.05) is 18.8 Å². The van der Waals surface area contributed by atoms with Gasteiger partial charge in [-0.1, -0.05) is 0 Å². The van der Waals surface area contributed by atoms with Gasteiger partial charge in [0.25, 0.3) is 0 Å². The minimum absolute atomic E-state index is 0.304. The summed E-state index contributed by atoms with van der Waals surface area (Å²) in [6.45, 7) is 9.19. The molecule has 1 heterocycles. The van der Waals surface area contributed by atoms with E-state index in [0.717, 1.165) is 0 Å². The lowest BCUT2D eigenvalue weighted by molar-refractivity contribution is 0.203. The average molecular weight is 205 g/mol. The first kappa shape index (κ1) is 11.0. The Morgan fingerprint density at radius 1 is 1.31 bits per heavy atom. The molecule has 1 rings (SSSR count). The van der Waals surface area contributed by atoms with Crippen LogP contribution in [0.15, 0.2) is 0 Å². The van der Waals surface area contributed by atoms with Crippen molar-refractivity contribution in [3.8, 4) is 0 Å². The third kappa shape index (κ3) is 2.05. The fourth-order valence-electron chi connectivity index (χ4n) is 1.62. The van der Waals surface area contributed by atoms with Crippen LogP contribution in [0.4, 0.5) is 0 Å². The summed E-state index contributed by atoms with van der Waals surface area (Å²) in [4.78, 5) is 2.22. The largest absolute Gasteiger partial charge is 0.298 e.